The van der Waals surface area contributed by atoms with Gasteiger partial charge in [-0.1, -0.05) is 23.9 Å². The zero-order chi connectivity index (χ0) is 15.5. The lowest BCUT2D eigenvalue weighted by Gasteiger charge is -2.19. The predicted octanol–water partition coefficient (Wildman–Crippen LogP) is 3.08. The van der Waals surface area contributed by atoms with Gasteiger partial charge in [-0.3, -0.25) is 9.59 Å². The fraction of sp³-hybridized carbons (Fsp3) is 0.400. The van der Waals surface area contributed by atoms with E-state index >= 15 is 0 Å². The molecule has 112 valence electrons. The Labute approximate surface area is 127 Å². The molecule has 0 radical (unpaired) electrons. The van der Waals surface area contributed by atoms with Gasteiger partial charge in [0.2, 0.25) is 0 Å². The van der Waals surface area contributed by atoms with Gasteiger partial charge in [0.15, 0.2) is 11.4 Å². The number of rotatable bonds is 6. The molecular weight excluding hydrogens is 290 g/mol. The van der Waals surface area contributed by atoms with Crippen LogP contribution in [0.2, 0.25) is 0 Å². The first-order valence-electron chi connectivity index (χ1n) is 6.64. The average molecular weight is 307 g/mol. The molecule has 0 aliphatic heterocycles. The van der Waals surface area contributed by atoms with Crippen LogP contribution in [0.1, 0.15) is 20.8 Å². The normalized spacial score (nSPS) is 11.6. The highest BCUT2D eigenvalue weighted by atomic mass is 32.2. The number of benzene rings is 1. The lowest BCUT2D eigenvalue weighted by molar-refractivity contribution is -0.157. The van der Waals surface area contributed by atoms with Gasteiger partial charge in [0, 0.05) is 0 Å². The molecule has 1 aromatic heterocycles. The molecule has 0 aliphatic rings. The molecule has 0 saturated heterocycles. The maximum absolute atomic E-state index is 12.2. The molecule has 21 heavy (non-hydrogen) atoms. The molecule has 1 heterocycles. The average Bonchev–Trinajstić information content (AvgIpc) is 2.87. The van der Waals surface area contributed by atoms with E-state index < -0.39 is 11.4 Å². The number of hydrogen-bond donors (Lipinski definition) is 0. The summed E-state index contributed by atoms with van der Waals surface area (Å²) in [6, 6.07) is 7.38. The molecule has 5 nitrogen and oxygen atoms in total. The van der Waals surface area contributed by atoms with Crippen LogP contribution in [-0.4, -0.2) is 29.1 Å². The van der Waals surface area contributed by atoms with E-state index in [4.69, 9.17) is 9.15 Å². The number of hydrogen-bond acceptors (Lipinski definition) is 6. The standard InChI is InChI=1S/C15H17NO4S/c1-4-19-13(18)15(2,3)12(17)9-21-14-16-10-7-5-6-8-11(10)20-14/h5-8H,4,9H2,1-3H3. The second-order valence-corrected chi connectivity index (χ2v) is 5.93. The Morgan fingerprint density at radius 3 is 2.71 bits per heavy atom. The number of carbonyl (C=O) groups is 2. The minimum atomic E-state index is -1.16. The van der Waals surface area contributed by atoms with Crippen LogP contribution in [-0.2, 0) is 14.3 Å². The number of carbonyl (C=O) groups excluding carboxylic acids is 2. The molecule has 0 fully saturated rings. The van der Waals surface area contributed by atoms with Crippen molar-refractivity contribution in [2.45, 2.75) is 26.0 Å². The number of thioether (sulfide) groups is 1. The van der Waals surface area contributed by atoms with Gasteiger partial charge in [-0.25, -0.2) is 4.98 Å². The van der Waals surface area contributed by atoms with Crippen LogP contribution in [0.25, 0.3) is 11.1 Å². The molecule has 0 unspecified atom stereocenters. The first-order valence-corrected chi connectivity index (χ1v) is 7.62. The van der Waals surface area contributed by atoms with Crippen molar-refractivity contribution in [1.29, 1.82) is 0 Å². The van der Waals surface area contributed by atoms with Gasteiger partial charge in [-0.15, -0.1) is 0 Å². The number of para-hydroxylation sites is 2. The molecule has 2 aromatic rings. The van der Waals surface area contributed by atoms with Gasteiger partial charge < -0.3 is 9.15 Å². The molecule has 0 bridgehead atoms. The smallest absolute Gasteiger partial charge is 0.319 e. The third kappa shape index (κ3) is 3.44. The predicted molar refractivity (Wildman–Crippen MR) is 80.2 cm³/mol. The molecular formula is C15H17NO4S. The molecule has 0 N–H and O–H groups in total. The topological polar surface area (TPSA) is 69.4 Å². The van der Waals surface area contributed by atoms with E-state index in [1.807, 2.05) is 24.3 Å². The van der Waals surface area contributed by atoms with E-state index in [9.17, 15) is 9.59 Å². The Kier molecular flexibility index (Phi) is 4.67. The van der Waals surface area contributed by atoms with Gasteiger partial charge in [0.05, 0.1) is 12.4 Å². The lowest BCUT2D eigenvalue weighted by Crippen LogP contribution is -2.36. The van der Waals surface area contributed by atoms with Crippen molar-refractivity contribution in [3.8, 4) is 0 Å². The van der Waals surface area contributed by atoms with Crippen molar-refractivity contribution in [2.24, 2.45) is 5.41 Å². The van der Waals surface area contributed by atoms with Gasteiger partial charge in [0.1, 0.15) is 10.9 Å². The van der Waals surface area contributed by atoms with Crippen molar-refractivity contribution >= 4 is 34.6 Å². The fourth-order valence-corrected chi connectivity index (χ4v) is 2.57. The second kappa shape index (κ2) is 6.30. The number of Topliss-reactive ketones (excluding diaryl/α,β-unsaturated/α-hetero) is 1. The van der Waals surface area contributed by atoms with Gasteiger partial charge in [0.25, 0.3) is 5.22 Å². The maximum atomic E-state index is 12.2. The summed E-state index contributed by atoms with van der Waals surface area (Å²) in [6.45, 7) is 5.11. The Morgan fingerprint density at radius 1 is 1.33 bits per heavy atom. The Bertz CT molecular complexity index is 629. The first kappa shape index (κ1) is 15.6. The van der Waals surface area contributed by atoms with Crippen molar-refractivity contribution in [2.75, 3.05) is 12.4 Å². The maximum Gasteiger partial charge on any atom is 0.319 e. The summed E-state index contributed by atoms with van der Waals surface area (Å²) in [5.74, 6) is -0.611. The van der Waals surface area contributed by atoms with E-state index in [0.29, 0.717) is 10.8 Å². The number of esters is 1. The zero-order valence-corrected chi connectivity index (χ0v) is 13.0. The summed E-state index contributed by atoms with van der Waals surface area (Å²) in [7, 11) is 0. The van der Waals surface area contributed by atoms with Gasteiger partial charge >= 0.3 is 5.97 Å². The number of oxazole rings is 1. The highest BCUT2D eigenvalue weighted by Crippen LogP contribution is 2.27. The second-order valence-electron chi connectivity index (χ2n) is 5.00. The molecule has 0 aliphatic carbocycles. The number of fused-ring (bicyclic) bond motifs is 1. The summed E-state index contributed by atoms with van der Waals surface area (Å²) in [4.78, 5) is 28.2. The SMILES string of the molecule is CCOC(=O)C(C)(C)C(=O)CSc1nc2ccccc2o1. The number of aromatic nitrogens is 1. The fourth-order valence-electron chi connectivity index (χ4n) is 1.65. The van der Waals surface area contributed by atoms with E-state index in [1.165, 1.54) is 11.8 Å². The number of ketones is 1. The molecule has 0 atom stereocenters. The van der Waals surface area contributed by atoms with E-state index in [0.717, 1.165) is 5.52 Å². The molecule has 1 aromatic carbocycles. The van der Waals surface area contributed by atoms with Crippen molar-refractivity contribution in [3.63, 3.8) is 0 Å². The quantitative estimate of drug-likeness (QED) is 0.464. The highest BCUT2D eigenvalue weighted by Gasteiger charge is 2.37. The third-order valence-electron chi connectivity index (χ3n) is 3.08. The summed E-state index contributed by atoms with van der Waals surface area (Å²) < 4.78 is 10.4. The molecule has 6 heteroatoms. The first-order chi connectivity index (χ1) is 9.95. The zero-order valence-electron chi connectivity index (χ0n) is 12.2. The Balaban J connectivity index is 2.01. The van der Waals surface area contributed by atoms with Crippen LogP contribution in [0.4, 0.5) is 0 Å². The monoisotopic (exact) mass is 307 g/mol. The van der Waals surface area contributed by atoms with Gasteiger partial charge in [-0.2, -0.15) is 0 Å². The van der Waals surface area contributed by atoms with Gasteiger partial charge in [-0.05, 0) is 32.9 Å². The van der Waals surface area contributed by atoms with E-state index in [-0.39, 0.29) is 18.1 Å². The van der Waals surface area contributed by atoms with Crippen molar-refractivity contribution < 1.29 is 18.7 Å². The minimum Gasteiger partial charge on any atom is -0.465 e. The van der Waals surface area contributed by atoms with Crippen LogP contribution in [0.3, 0.4) is 0 Å². The molecule has 0 saturated carbocycles. The van der Waals surface area contributed by atoms with Crippen LogP contribution < -0.4 is 0 Å². The molecule has 2 rings (SSSR count). The highest BCUT2D eigenvalue weighted by molar-refractivity contribution is 7.99. The van der Waals surface area contributed by atoms with E-state index in [1.54, 1.807) is 20.8 Å². The summed E-state index contributed by atoms with van der Waals surface area (Å²) in [6.07, 6.45) is 0. The van der Waals surface area contributed by atoms with Crippen molar-refractivity contribution in [3.05, 3.63) is 24.3 Å². The Morgan fingerprint density at radius 2 is 2.05 bits per heavy atom. The largest absolute Gasteiger partial charge is 0.465 e. The van der Waals surface area contributed by atoms with Crippen LogP contribution in [0, 0.1) is 5.41 Å². The summed E-state index contributed by atoms with van der Waals surface area (Å²) in [5, 5.41) is 0.421. The minimum absolute atomic E-state index is 0.110. The van der Waals surface area contributed by atoms with Crippen LogP contribution in [0.5, 0.6) is 0 Å². The lowest BCUT2D eigenvalue weighted by atomic mass is 9.89. The van der Waals surface area contributed by atoms with Crippen molar-refractivity contribution in [1.82, 2.24) is 4.98 Å². The Hall–Kier alpha value is -1.82. The van der Waals surface area contributed by atoms with Crippen LogP contribution >= 0.6 is 11.8 Å². The molecule has 0 amide bonds. The third-order valence-corrected chi connectivity index (χ3v) is 3.91. The number of ether oxygens (including phenoxy) is 1. The summed E-state index contributed by atoms with van der Waals surface area (Å²) >= 11 is 1.18. The molecule has 0 spiro atoms. The van der Waals surface area contributed by atoms with E-state index in [2.05, 4.69) is 4.98 Å². The summed E-state index contributed by atoms with van der Waals surface area (Å²) in [5.41, 5.74) is 0.267. The van der Waals surface area contributed by atoms with Crippen LogP contribution in [0.15, 0.2) is 33.9 Å². The number of nitrogens with zero attached hydrogens (tertiary/aromatic N) is 1.